The Hall–Kier alpha value is -1.60. The summed E-state index contributed by atoms with van der Waals surface area (Å²) in [6.07, 6.45) is 14.8. The van der Waals surface area contributed by atoms with Crippen LogP contribution in [0.3, 0.4) is 0 Å². The molecule has 0 aliphatic rings. The number of rotatable bonds is 20. The average Bonchev–Trinajstić information content (AvgIpc) is 2.81. The molecule has 5 N–H and O–H groups in total. The lowest BCUT2D eigenvalue weighted by atomic mass is 9.92. The molecule has 6 nitrogen and oxygen atoms in total. The second-order valence-electron chi connectivity index (χ2n) is 8.77. The Labute approximate surface area is 205 Å². The summed E-state index contributed by atoms with van der Waals surface area (Å²) in [5.41, 5.74) is 10.8. The number of nitrogens with two attached hydrogens (primary N) is 1. The van der Waals surface area contributed by atoms with Gasteiger partial charge in [0.1, 0.15) is 11.5 Å². The Morgan fingerprint density at radius 1 is 0.970 bits per heavy atom. The van der Waals surface area contributed by atoms with E-state index in [9.17, 15) is 9.90 Å². The number of nitrogens with one attached hydrogen (secondary N) is 2. The van der Waals surface area contributed by atoms with E-state index in [1.807, 2.05) is 23.9 Å². The fourth-order valence-corrected chi connectivity index (χ4v) is 5.49. The molecule has 0 bridgehead atoms. The first-order valence-electron chi connectivity index (χ1n) is 12.9. The van der Waals surface area contributed by atoms with Gasteiger partial charge in [0.2, 0.25) is 0 Å². The minimum atomic E-state index is -0.556. The number of hydrogen-bond donors (Lipinski definition) is 4. The Kier molecular flexibility index (Phi) is 16.8. The molecule has 0 saturated heterocycles. The molecule has 3 unspecified atom stereocenters. The number of ether oxygens (including phenoxy) is 1. The normalized spacial score (nSPS) is 13.9. The Bertz CT molecular complexity index is 615. The highest BCUT2D eigenvalue weighted by Gasteiger charge is 2.24. The van der Waals surface area contributed by atoms with Crippen molar-refractivity contribution in [2.24, 2.45) is 11.7 Å². The van der Waals surface area contributed by atoms with Gasteiger partial charge in [0.15, 0.2) is 0 Å². The topological polar surface area (TPSA) is 96.6 Å². The Balaban J connectivity index is 2.58. The maximum absolute atomic E-state index is 11.1. The number of aromatic hydroxyl groups is 1. The van der Waals surface area contributed by atoms with Crippen LogP contribution in [0.5, 0.6) is 11.5 Å². The molecule has 2 amide bonds. The van der Waals surface area contributed by atoms with Crippen LogP contribution in [-0.2, 0) is 0 Å². The second-order valence-corrected chi connectivity index (χ2v) is 10.2. The van der Waals surface area contributed by atoms with Crippen molar-refractivity contribution in [1.29, 1.82) is 0 Å². The van der Waals surface area contributed by atoms with Gasteiger partial charge in [-0.2, -0.15) is 0 Å². The number of phenols is 1. The second kappa shape index (κ2) is 18.8. The number of carbonyl (C=O) groups is 1. The average molecular weight is 482 g/mol. The van der Waals surface area contributed by atoms with Gasteiger partial charge in [-0.25, -0.2) is 10.2 Å². The summed E-state index contributed by atoms with van der Waals surface area (Å²) < 4.78 is 5.97. The van der Waals surface area contributed by atoms with Gasteiger partial charge >= 0.3 is 6.03 Å². The molecule has 7 heteroatoms. The molecule has 0 aliphatic heterocycles. The first kappa shape index (κ1) is 29.4. The van der Waals surface area contributed by atoms with Crippen LogP contribution in [0.4, 0.5) is 4.79 Å². The van der Waals surface area contributed by atoms with Gasteiger partial charge in [-0.05, 0) is 55.9 Å². The highest BCUT2D eigenvalue weighted by Crippen LogP contribution is 2.33. The number of thioether (sulfide) groups is 1. The zero-order chi connectivity index (χ0) is 24.3. The van der Waals surface area contributed by atoms with Crippen molar-refractivity contribution < 1.29 is 14.6 Å². The number of phenolic OH excluding ortho intramolecular Hbond substituents is 1. The highest BCUT2D eigenvalue weighted by molar-refractivity contribution is 8.00. The van der Waals surface area contributed by atoms with Crippen LogP contribution in [0, 0.1) is 5.92 Å². The van der Waals surface area contributed by atoms with Crippen molar-refractivity contribution in [2.75, 3.05) is 6.61 Å². The standard InChI is InChI=1S/C26H47N3O3S/c1-4-7-8-9-10-11-12-13-14-21(19-20-32-23-17-15-22(30)16-18-23)24(5-2)33-25(6-3)28-29-26(27)31/h15-18,21,24-25,28,30H,4-14,19-20H2,1-3H3,(H3,27,29,31). The molecule has 0 aromatic heterocycles. The minimum Gasteiger partial charge on any atom is -0.508 e. The lowest BCUT2D eigenvalue weighted by Crippen LogP contribution is -2.46. The lowest BCUT2D eigenvalue weighted by molar-refractivity contribution is 0.244. The first-order valence-corrected chi connectivity index (χ1v) is 13.8. The smallest absolute Gasteiger partial charge is 0.326 e. The third kappa shape index (κ3) is 14.3. The van der Waals surface area contributed by atoms with Crippen molar-refractivity contribution >= 4 is 17.8 Å². The monoisotopic (exact) mass is 481 g/mol. The number of urea groups is 1. The molecule has 0 saturated carbocycles. The van der Waals surface area contributed by atoms with Crippen LogP contribution < -0.4 is 21.3 Å². The van der Waals surface area contributed by atoms with Crippen LogP contribution in [0.1, 0.15) is 97.8 Å². The number of carbonyl (C=O) groups excluding carboxylic acids is 1. The fraction of sp³-hybridized carbons (Fsp3) is 0.731. The number of unbranched alkanes of at least 4 members (excludes halogenated alkanes) is 7. The molecule has 1 rings (SSSR count). The molecule has 190 valence electrons. The van der Waals surface area contributed by atoms with E-state index in [0.717, 1.165) is 25.0 Å². The van der Waals surface area contributed by atoms with E-state index in [1.165, 1.54) is 57.8 Å². The van der Waals surface area contributed by atoms with Crippen LogP contribution in [0.25, 0.3) is 0 Å². The van der Waals surface area contributed by atoms with Gasteiger partial charge in [0.05, 0.1) is 12.0 Å². The van der Waals surface area contributed by atoms with E-state index in [2.05, 4.69) is 31.6 Å². The van der Waals surface area contributed by atoms with E-state index in [0.29, 0.717) is 17.8 Å². The molecule has 0 spiro atoms. The van der Waals surface area contributed by atoms with Crippen LogP contribution >= 0.6 is 11.8 Å². The first-order chi connectivity index (χ1) is 16.0. The summed E-state index contributed by atoms with van der Waals surface area (Å²) in [5.74, 6) is 1.58. The fourth-order valence-electron chi connectivity index (χ4n) is 4.06. The van der Waals surface area contributed by atoms with E-state index in [1.54, 1.807) is 12.1 Å². The molecule has 3 atom stereocenters. The van der Waals surface area contributed by atoms with Gasteiger partial charge in [-0.15, -0.1) is 11.8 Å². The summed E-state index contributed by atoms with van der Waals surface area (Å²) in [4.78, 5) is 11.1. The maximum atomic E-state index is 11.1. The van der Waals surface area contributed by atoms with Gasteiger partial charge in [0, 0.05) is 5.25 Å². The number of hydrazine groups is 1. The largest absolute Gasteiger partial charge is 0.508 e. The van der Waals surface area contributed by atoms with Crippen molar-refractivity contribution in [2.45, 2.75) is 108 Å². The van der Waals surface area contributed by atoms with Crippen LogP contribution in [-0.4, -0.2) is 28.4 Å². The summed E-state index contributed by atoms with van der Waals surface area (Å²) in [6, 6.07) is 6.37. The van der Waals surface area contributed by atoms with E-state index < -0.39 is 6.03 Å². The minimum absolute atomic E-state index is 0.126. The SMILES string of the molecule is CCCCCCCCCCC(CCOc1ccc(O)cc1)C(CC)SC(CC)NNC(N)=O. The van der Waals surface area contributed by atoms with Crippen molar-refractivity contribution in [3.63, 3.8) is 0 Å². The van der Waals surface area contributed by atoms with Crippen molar-refractivity contribution in [3.05, 3.63) is 24.3 Å². The molecular formula is C26H47N3O3S. The summed E-state index contributed by atoms with van der Waals surface area (Å²) >= 11 is 1.90. The molecule has 0 radical (unpaired) electrons. The van der Waals surface area contributed by atoms with Gasteiger partial charge in [-0.1, -0.05) is 72.1 Å². The van der Waals surface area contributed by atoms with Gasteiger partial charge < -0.3 is 15.6 Å². The third-order valence-corrected chi connectivity index (χ3v) is 7.86. The predicted molar refractivity (Wildman–Crippen MR) is 141 cm³/mol. The molecule has 0 fully saturated rings. The molecule has 0 heterocycles. The van der Waals surface area contributed by atoms with E-state index in [-0.39, 0.29) is 11.1 Å². The Morgan fingerprint density at radius 2 is 1.61 bits per heavy atom. The predicted octanol–water partition coefficient (Wildman–Crippen LogP) is 6.73. The Morgan fingerprint density at radius 3 is 2.18 bits per heavy atom. The van der Waals surface area contributed by atoms with Gasteiger partial charge in [-0.3, -0.25) is 5.43 Å². The lowest BCUT2D eigenvalue weighted by Gasteiger charge is -2.30. The molecule has 1 aromatic carbocycles. The van der Waals surface area contributed by atoms with E-state index >= 15 is 0 Å². The van der Waals surface area contributed by atoms with Crippen molar-refractivity contribution in [1.82, 2.24) is 10.9 Å². The van der Waals surface area contributed by atoms with Crippen LogP contribution in [0.15, 0.2) is 24.3 Å². The molecular weight excluding hydrogens is 434 g/mol. The quantitative estimate of drug-likeness (QED) is 0.0940. The zero-order valence-corrected chi connectivity index (χ0v) is 21.8. The molecule has 33 heavy (non-hydrogen) atoms. The number of primary amides is 1. The maximum Gasteiger partial charge on any atom is 0.326 e. The molecule has 1 aromatic rings. The number of benzene rings is 1. The summed E-state index contributed by atoms with van der Waals surface area (Å²) in [5, 5.41) is 10.1. The molecule has 0 aliphatic carbocycles. The van der Waals surface area contributed by atoms with Crippen LogP contribution in [0.2, 0.25) is 0 Å². The summed E-state index contributed by atoms with van der Waals surface area (Å²) in [6.45, 7) is 7.28. The van der Waals surface area contributed by atoms with E-state index in [4.69, 9.17) is 10.5 Å². The third-order valence-electron chi connectivity index (χ3n) is 6.02. The number of hydrogen-bond acceptors (Lipinski definition) is 5. The number of amides is 2. The van der Waals surface area contributed by atoms with Gasteiger partial charge in [0.25, 0.3) is 0 Å². The highest BCUT2D eigenvalue weighted by atomic mass is 32.2. The zero-order valence-electron chi connectivity index (χ0n) is 21.0. The van der Waals surface area contributed by atoms with Crippen molar-refractivity contribution in [3.8, 4) is 11.5 Å². The summed E-state index contributed by atoms with van der Waals surface area (Å²) in [7, 11) is 0.